The maximum Gasteiger partial charge on any atom is 0.146 e. The van der Waals surface area contributed by atoms with Crippen LogP contribution in [0.3, 0.4) is 0 Å². The van der Waals surface area contributed by atoms with Crippen molar-refractivity contribution in [2.24, 2.45) is 5.92 Å². The maximum absolute atomic E-state index is 13.6. The molecule has 0 saturated carbocycles. The van der Waals surface area contributed by atoms with Gasteiger partial charge in [0.1, 0.15) is 5.82 Å². The van der Waals surface area contributed by atoms with E-state index in [2.05, 4.69) is 17.5 Å². The van der Waals surface area contributed by atoms with Crippen molar-refractivity contribution in [2.75, 3.05) is 6.54 Å². The van der Waals surface area contributed by atoms with Crippen LogP contribution in [0.2, 0.25) is 5.02 Å². The number of benzene rings is 1. The quantitative estimate of drug-likeness (QED) is 0.802. The Labute approximate surface area is 107 Å². The van der Waals surface area contributed by atoms with Gasteiger partial charge in [0.05, 0.1) is 5.02 Å². The smallest absolute Gasteiger partial charge is 0.146 e. The lowest BCUT2D eigenvalue weighted by Crippen LogP contribution is -2.23. The summed E-state index contributed by atoms with van der Waals surface area (Å²) in [6, 6.07) is 5.13. The number of halogens is 2. The third-order valence-corrected chi connectivity index (χ3v) is 3.45. The number of rotatable bonds is 4. The second-order valence-corrected chi connectivity index (χ2v) is 4.90. The van der Waals surface area contributed by atoms with Gasteiger partial charge in [0.15, 0.2) is 0 Å². The van der Waals surface area contributed by atoms with Gasteiger partial charge in [-0.15, -0.1) is 0 Å². The Balaban J connectivity index is 1.81. The second-order valence-electron chi connectivity index (χ2n) is 4.49. The minimum atomic E-state index is -0.301. The van der Waals surface area contributed by atoms with Gasteiger partial charge in [-0.25, -0.2) is 4.39 Å². The molecular formula is C14H17ClFN. The van der Waals surface area contributed by atoms with E-state index in [9.17, 15) is 4.39 Å². The molecule has 1 aliphatic carbocycles. The molecule has 3 heteroatoms. The molecular weight excluding hydrogens is 237 g/mol. The van der Waals surface area contributed by atoms with Crippen LogP contribution in [0.4, 0.5) is 4.39 Å². The van der Waals surface area contributed by atoms with Crippen molar-refractivity contribution in [3.63, 3.8) is 0 Å². The highest BCUT2D eigenvalue weighted by Crippen LogP contribution is 2.19. The van der Waals surface area contributed by atoms with E-state index in [1.165, 1.54) is 6.42 Å². The van der Waals surface area contributed by atoms with Crippen LogP contribution in [-0.4, -0.2) is 6.54 Å². The Kier molecular flexibility index (Phi) is 4.57. The summed E-state index contributed by atoms with van der Waals surface area (Å²) in [6.45, 7) is 1.49. The molecule has 1 aliphatic rings. The van der Waals surface area contributed by atoms with E-state index in [1.807, 2.05) is 0 Å². The van der Waals surface area contributed by atoms with E-state index in [0.717, 1.165) is 19.4 Å². The van der Waals surface area contributed by atoms with Crippen LogP contribution in [0.15, 0.2) is 30.4 Å². The highest BCUT2D eigenvalue weighted by atomic mass is 35.5. The first kappa shape index (κ1) is 12.6. The van der Waals surface area contributed by atoms with Crippen molar-refractivity contribution in [1.29, 1.82) is 0 Å². The van der Waals surface area contributed by atoms with Crippen LogP contribution < -0.4 is 5.32 Å². The average Bonchev–Trinajstić information content (AvgIpc) is 2.36. The molecule has 0 aromatic heterocycles. The largest absolute Gasteiger partial charge is 0.312 e. The molecule has 1 unspecified atom stereocenters. The molecule has 1 atom stereocenters. The molecule has 0 fully saturated rings. The third kappa shape index (κ3) is 3.55. The fourth-order valence-electron chi connectivity index (χ4n) is 2.14. The minimum Gasteiger partial charge on any atom is -0.312 e. The summed E-state index contributed by atoms with van der Waals surface area (Å²) >= 11 is 5.73. The number of hydrogen-bond acceptors (Lipinski definition) is 1. The molecule has 1 aromatic rings. The Hall–Kier alpha value is -0.860. The lowest BCUT2D eigenvalue weighted by atomic mass is 9.94. The molecule has 1 nitrogen and oxygen atoms in total. The molecule has 2 rings (SSSR count). The lowest BCUT2D eigenvalue weighted by Gasteiger charge is -2.18. The van der Waals surface area contributed by atoms with Gasteiger partial charge in [-0.2, -0.15) is 0 Å². The van der Waals surface area contributed by atoms with Crippen molar-refractivity contribution < 1.29 is 4.39 Å². The molecule has 1 N–H and O–H groups in total. The Morgan fingerprint density at radius 3 is 3.00 bits per heavy atom. The maximum atomic E-state index is 13.6. The average molecular weight is 254 g/mol. The van der Waals surface area contributed by atoms with Gasteiger partial charge in [0.2, 0.25) is 0 Å². The summed E-state index contributed by atoms with van der Waals surface area (Å²) in [4.78, 5) is 0. The fraction of sp³-hybridized carbons (Fsp3) is 0.429. The number of nitrogens with one attached hydrogen (secondary N) is 1. The highest BCUT2D eigenvalue weighted by Gasteiger charge is 2.10. The summed E-state index contributed by atoms with van der Waals surface area (Å²) in [5.41, 5.74) is 0.642. The van der Waals surface area contributed by atoms with Crippen LogP contribution in [0.1, 0.15) is 24.8 Å². The van der Waals surface area contributed by atoms with E-state index >= 15 is 0 Å². The van der Waals surface area contributed by atoms with Crippen molar-refractivity contribution in [3.8, 4) is 0 Å². The first-order chi connectivity index (χ1) is 8.27. The van der Waals surface area contributed by atoms with Gasteiger partial charge in [0, 0.05) is 12.1 Å². The third-order valence-electron chi connectivity index (χ3n) is 3.16. The van der Waals surface area contributed by atoms with E-state index in [-0.39, 0.29) is 10.8 Å². The summed E-state index contributed by atoms with van der Waals surface area (Å²) in [7, 11) is 0. The van der Waals surface area contributed by atoms with Crippen LogP contribution >= 0.6 is 11.6 Å². The predicted molar refractivity (Wildman–Crippen MR) is 69.6 cm³/mol. The van der Waals surface area contributed by atoms with Crippen LogP contribution in [0, 0.1) is 11.7 Å². The lowest BCUT2D eigenvalue weighted by molar-refractivity contribution is 0.437. The van der Waals surface area contributed by atoms with Gasteiger partial charge in [-0.1, -0.05) is 35.9 Å². The normalized spacial score (nSPS) is 19.5. The molecule has 0 amide bonds. The number of hydrogen-bond donors (Lipinski definition) is 1. The second kappa shape index (κ2) is 6.18. The summed E-state index contributed by atoms with van der Waals surface area (Å²) in [5, 5.41) is 3.51. The van der Waals surface area contributed by atoms with E-state index in [1.54, 1.807) is 18.2 Å². The van der Waals surface area contributed by atoms with Gasteiger partial charge < -0.3 is 5.32 Å². The molecule has 0 radical (unpaired) electrons. The van der Waals surface area contributed by atoms with Crippen molar-refractivity contribution in [3.05, 3.63) is 46.8 Å². The van der Waals surface area contributed by atoms with Gasteiger partial charge in [-0.05, 0) is 37.8 Å². The number of allylic oxidation sites excluding steroid dienone is 2. The molecule has 0 aliphatic heterocycles. The summed E-state index contributed by atoms with van der Waals surface area (Å²) in [6.07, 6.45) is 7.98. The zero-order valence-electron chi connectivity index (χ0n) is 9.76. The molecule has 92 valence electrons. The van der Waals surface area contributed by atoms with Gasteiger partial charge in [0.25, 0.3) is 0 Å². The Morgan fingerprint density at radius 1 is 1.35 bits per heavy atom. The van der Waals surface area contributed by atoms with Crippen LogP contribution in [0.25, 0.3) is 0 Å². The van der Waals surface area contributed by atoms with E-state index in [4.69, 9.17) is 11.6 Å². The van der Waals surface area contributed by atoms with Crippen LogP contribution in [-0.2, 0) is 6.54 Å². The first-order valence-electron chi connectivity index (χ1n) is 6.06. The summed E-state index contributed by atoms with van der Waals surface area (Å²) in [5.74, 6) is 0.382. The molecule has 17 heavy (non-hydrogen) atoms. The molecule has 1 aromatic carbocycles. The van der Waals surface area contributed by atoms with Crippen molar-refractivity contribution in [1.82, 2.24) is 5.32 Å². The predicted octanol–water partition coefficient (Wildman–Crippen LogP) is 3.93. The summed E-state index contributed by atoms with van der Waals surface area (Å²) < 4.78 is 13.6. The zero-order chi connectivity index (χ0) is 12.1. The molecule has 0 heterocycles. The molecule has 0 bridgehead atoms. The standard InChI is InChI=1S/C14H17ClFN/c15-13-8-4-7-12(14(13)16)10-17-9-11-5-2-1-3-6-11/h1-2,4,7-8,11,17H,3,5-6,9-10H2. The monoisotopic (exact) mass is 253 g/mol. The Morgan fingerprint density at radius 2 is 2.24 bits per heavy atom. The van der Waals surface area contributed by atoms with Gasteiger partial charge in [-0.3, -0.25) is 0 Å². The van der Waals surface area contributed by atoms with Crippen molar-refractivity contribution in [2.45, 2.75) is 25.8 Å². The fourth-order valence-corrected chi connectivity index (χ4v) is 2.33. The van der Waals surface area contributed by atoms with Crippen LogP contribution in [0.5, 0.6) is 0 Å². The highest BCUT2D eigenvalue weighted by molar-refractivity contribution is 6.30. The van der Waals surface area contributed by atoms with Gasteiger partial charge >= 0.3 is 0 Å². The molecule has 0 saturated heterocycles. The minimum absolute atomic E-state index is 0.199. The SMILES string of the molecule is Fc1c(Cl)cccc1CNCC1CC=CCC1. The zero-order valence-corrected chi connectivity index (χ0v) is 10.5. The van der Waals surface area contributed by atoms with Crippen molar-refractivity contribution >= 4 is 11.6 Å². The molecule has 0 spiro atoms. The van der Waals surface area contributed by atoms with E-state index < -0.39 is 0 Å². The topological polar surface area (TPSA) is 12.0 Å². The Bertz CT molecular complexity index is 403. The first-order valence-corrected chi connectivity index (χ1v) is 6.44. The van der Waals surface area contributed by atoms with E-state index in [0.29, 0.717) is 18.0 Å².